The Morgan fingerprint density at radius 1 is 1.00 bits per heavy atom. The van der Waals surface area contributed by atoms with E-state index in [1.165, 1.54) is 41.4 Å². The van der Waals surface area contributed by atoms with E-state index in [1.807, 2.05) is 6.07 Å². The molecule has 0 fully saturated rings. The summed E-state index contributed by atoms with van der Waals surface area (Å²) in [6.45, 7) is 0.383. The van der Waals surface area contributed by atoms with E-state index < -0.39 is 0 Å². The number of thioether (sulfide) groups is 1. The zero-order valence-corrected chi connectivity index (χ0v) is 12.2. The molecule has 0 heterocycles. The molecule has 0 saturated carbocycles. The molecule has 2 aromatic carbocycles. The van der Waals surface area contributed by atoms with Crippen LogP contribution in [0.3, 0.4) is 0 Å². The van der Waals surface area contributed by atoms with Gasteiger partial charge in [-0.25, -0.2) is 4.39 Å². The number of benzene rings is 2. The van der Waals surface area contributed by atoms with Gasteiger partial charge >= 0.3 is 0 Å². The van der Waals surface area contributed by atoms with Crippen LogP contribution in [0.25, 0.3) is 0 Å². The monoisotopic (exact) mass is 287 g/mol. The summed E-state index contributed by atoms with van der Waals surface area (Å²) in [6, 6.07) is 11.8. The van der Waals surface area contributed by atoms with Crippen LogP contribution in [0.15, 0.2) is 41.3 Å². The van der Waals surface area contributed by atoms with E-state index in [0.717, 1.165) is 16.9 Å². The van der Waals surface area contributed by atoms with E-state index in [2.05, 4.69) is 18.2 Å². The highest BCUT2D eigenvalue weighted by molar-refractivity contribution is 7.98. The Morgan fingerprint density at radius 2 is 1.80 bits per heavy atom. The first-order chi connectivity index (χ1) is 9.74. The van der Waals surface area contributed by atoms with E-state index in [9.17, 15) is 4.39 Å². The maximum absolute atomic E-state index is 13.5. The summed E-state index contributed by atoms with van der Waals surface area (Å²) < 4.78 is 13.5. The highest BCUT2D eigenvalue weighted by atomic mass is 32.2. The lowest BCUT2D eigenvalue weighted by molar-refractivity contribution is 0.624. The van der Waals surface area contributed by atoms with Crippen molar-refractivity contribution in [1.29, 1.82) is 0 Å². The van der Waals surface area contributed by atoms with Crippen molar-refractivity contribution in [3.05, 3.63) is 64.5 Å². The van der Waals surface area contributed by atoms with Crippen LogP contribution in [0.5, 0.6) is 0 Å². The molecule has 0 saturated heterocycles. The normalized spacial score (nSPS) is 13.5. The van der Waals surface area contributed by atoms with Crippen molar-refractivity contribution in [2.75, 3.05) is 0 Å². The maximum atomic E-state index is 13.5. The zero-order chi connectivity index (χ0) is 13.9. The fourth-order valence-electron chi connectivity index (χ4n) is 2.72. The van der Waals surface area contributed by atoms with Crippen molar-refractivity contribution in [1.82, 2.24) is 0 Å². The number of nitrogens with two attached hydrogens (primary N) is 1. The van der Waals surface area contributed by atoms with Crippen LogP contribution in [-0.2, 0) is 25.1 Å². The lowest BCUT2D eigenvalue weighted by Crippen LogP contribution is -1.98. The summed E-state index contributed by atoms with van der Waals surface area (Å²) >= 11 is 1.76. The molecule has 1 aliphatic carbocycles. The van der Waals surface area contributed by atoms with Crippen LogP contribution in [-0.4, -0.2) is 0 Å². The molecule has 0 bridgehead atoms. The minimum atomic E-state index is -0.197. The molecular weight excluding hydrogens is 269 g/mol. The lowest BCUT2D eigenvalue weighted by atomic mass is 10.1. The van der Waals surface area contributed by atoms with Gasteiger partial charge < -0.3 is 5.73 Å². The van der Waals surface area contributed by atoms with Crippen LogP contribution in [0.2, 0.25) is 0 Å². The van der Waals surface area contributed by atoms with Crippen molar-refractivity contribution in [3.63, 3.8) is 0 Å². The highest BCUT2D eigenvalue weighted by Gasteiger charge is 2.11. The predicted octanol–water partition coefficient (Wildman–Crippen LogP) is 4.07. The van der Waals surface area contributed by atoms with Crippen molar-refractivity contribution in [2.24, 2.45) is 5.73 Å². The third kappa shape index (κ3) is 3.05. The Kier molecular flexibility index (Phi) is 4.08. The van der Waals surface area contributed by atoms with Gasteiger partial charge in [0.2, 0.25) is 0 Å². The summed E-state index contributed by atoms with van der Waals surface area (Å²) in [5, 5.41) is 0. The van der Waals surface area contributed by atoms with Gasteiger partial charge in [0.1, 0.15) is 5.82 Å². The second-order valence-electron chi connectivity index (χ2n) is 5.24. The molecule has 2 N–H and O–H groups in total. The van der Waals surface area contributed by atoms with Gasteiger partial charge in [0.25, 0.3) is 0 Å². The number of aryl methyl sites for hydroxylation is 2. The molecule has 1 aliphatic rings. The Bertz CT molecular complexity index is 624. The summed E-state index contributed by atoms with van der Waals surface area (Å²) in [4.78, 5) is 1.27. The molecule has 20 heavy (non-hydrogen) atoms. The van der Waals surface area contributed by atoms with Crippen LogP contribution >= 0.6 is 11.8 Å². The number of halogens is 1. The quantitative estimate of drug-likeness (QED) is 0.858. The van der Waals surface area contributed by atoms with Crippen molar-refractivity contribution in [2.45, 2.75) is 36.5 Å². The van der Waals surface area contributed by atoms with Gasteiger partial charge in [-0.3, -0.25) is 0 Å². The summed E-state index contributed by atoms with van der Waals surface area (Å²) in [6.07, 6.45) is 3.68. The lowest BCUT2D eigenvalue weighted by Gasteiger charge is -2.07. The summed E-state index contributed by atoms with van der Waals surface area (Å²) in [5.74, 6) is 0.585. The Hall–Kier alpha value is -1.32. The molecule has 1 nitrogen and oxygen atoms in total. The topological polar surface area (TPSA) is 26.0 Å². The Morgan fingerprint density at radius 3 is 2.65 bits per heavy atom. The van der Waals surface area contributed by atoms with Crippen molar-refractivity contribution < 1.29 is 4.39 Å². The zero-order valence-electron chi connectivity index (χ0n) is 11.4. The van der Waals surface area contributed by atoms with Crippen LogP contribution in [0.1, 0.15) is 28.7 Å². The van der Waals surface area contributed by atoms with Gasteiger partial charge in [0.05, 0.1) is 0 Å². The van der Waals surface area contributed by atoms with Gasteiger partial charge in [-0.05, 0) is 65.8 Å². The third-order valence-corrected chi connectivity index (χ3v) is 4.79. The fraction of sp³-hybridized carbons (Fsp3) is 0.294. The van der Waals surface area contributed by atoms with Gasteiger partial charge in [-0.2, -0.15) is 0 Å². The molecule has 0 radical (unpaired) electrons. The molecule has 0 unspecified atom stereocenters. The SMILES string of the molecule is NCc1cc(F)cc(CSc2ccc3c(c2)CCC3)c1. The molecule has 0 spiro atoms. The second kappa shape index (κ2) is 5.98. The Labute approximate surface area is 123 Å². The van der Waals surface area contributed by atoms with Gasteiger partial charge in [-0.15, -0.1) is 11.8 Å². The molecule has 2 aromatic rings. The average Bonchev–Trinajstić information content (AvgIpc) is 2.92. The molecule has 3 rings (SSSR count). The second-order valence-corrected chi connectivity index (χ2v) is 6.29. The minimum absolute atomic E-state index is 0.197. The smallest absolute Gasteiger partial charge is 0.123 e. The first kappa shape index (κ1) is 13.7. The van der Waals surface area contributed by atoms with Crippen molar-refractivity contribution >= 4 is 11.8 Å². The number of hydrogen-bond acceptors (Lipinski definition) is 2. The van der Waals surface area contributed by atoms with Gasteiger partial charge in [0, 0.05) is 17.2 Å². The van der Waals surface area contributed by atoms with Crippen LogP contribution in [0.4, 0.5) is 4.39 Å². The van der Waals surface area contributed by atoms with Crippen LogP contribution in [0, 0.1) is 5.82 Å². The first-order valence-electron chi connectivity index (χ1n) is 6.97. The molecule has 0 aliphatic heterocycles. The van der Waals surface area contributed by atoms with Gasteiger partial charge in [0.15, 0.2) is 0 Å². The fourth-order valence-corrected chi connectivity index (χ4v) is 3.61. The molecule has 3 heteroatoms. The van der Waals surface area contributed by atoms with E-state index in [1.54, 1.807) is 17.8 Å². The minimum Gasteiger partial charge on any atom is -0.326 e. The number of rotatable bonds is 4. The molecule has 0 aromatic heterocycles. The molecule has 104 valence electrons. The Balaban J connectivity index is 1.71. The maximum Gasteiger partial charge on any atom is 0.123 e. The van der Waals surface area contributed by atoms with Crippen molar-refractivity contribution in [3.8, 4) is 0 Å². The first-order valence-corrected chi connectivity index (χ1v) is 7.96. The van der Waals surface area contributed by atoms with E-state index in [-0.39, 0.29) is 5.82 Å². The van der Waals surface area contributed by atoms with E-state index in [4.69, 9.17) is 5.73 Å². The van der Waals surface area contributed by atoms with Crippen LogP contribution < -0.4 is 5.73 Å². The summed E-state index contributed by atoms with van der Waals surface area (Å²) in [5.41, 5.74) is 10.4. The molecular formula is C17H18FNS. The van der Waals surface area contributed by atoms with E-state index in [0.29, 0.717) is 6.54 Å². The predicted molar refractivity (Wildman–Crippen MR) is 82.3 cm³/mol. The number of hydrogen-bond donors (Lipinski definition) is 1. The van der Waals surface area contributed by atoms with Gasteiger partial charge in [-0.1, -0.05) is 12.1 Å². The summed E-state index contributed by atoms with van der Waals surface area (Å²) in [7, 11) is 0. The highest BCUT2D eigenvalue weighted by Crippen LogP contribution is 2.29. The molecule has 0 amide bonds. The largest absolute Gasteiger partial charge is 0.326 e. The number of fused-ring (bicyclic) bond motifs is 1. The average molecular weight is 287 g/mol. The third-order valence-electron chi connectivity index (χ3n) is 3.73. The van der Waals surface area contributed by atoms with E-state index >= 15 is 0 Å². The molecule has 0 atom stereocenters. The standard InChI is InChI=1S/C17H18FNS/c18-16-7-12(10-19)6-13(8-16)11-20-17-5-4-14-2-1-3-15(14)9-17/h4-9H,1-3,10-11,19H2.